The third-order valence-corrected chi connectivity index (χ3v) is 3.47. The van der Waals surface area contributed by atoms with Gasteiger partial charge >= 0.3 is 0 Å². The first-order chi connectivity index (χ1) is 7.18. The molecule has 2 N–H and O–H groups in total. The van der Waals surface area contributed by atoms with Crippen LogP contribution < -0.4 is 5.73 Å². The lowest BCUT2D eigenvalue weighted by atomic mass is 9.86. The Bertz CT molecular complexity index is 267. The summed E-state index contributed by atoms with van der Waals surface area (Å²) in [4.78, 5) is 6.71. The van der Waals surface area contributed by atoms with Crippen LogP contribution in [0.25, 0.3) is 0 Å². The summed E-state index contributed by atoms with van der Waals surface area (Å²) in [5.74, 6) is 0.728. The highest BCUT2D eigenvalue weighted by Crippen LogP contribution is 2.34. The van der Waals surface area contributed by atoms with Gasteiger partial charge in [-0.05, 0) is 26.2 Å². The Hall–Kier alpha value is -0.770. The minimum Gasteiger partial charge on any atom is -0.378 e. The molecular formula is C11H21N3O. The molecule has 1 spiro atoms. The van der Waals surface area contributed by atoms with Gasteiger partial charge in [0, 0.05) is 13.2 Å². The summed E-state index contributed by atoms with van der Waals surface area (Å²) >= 11 is 0. The SMILES string of the molecule is CCCN1C(N)=NCC12CCOC(C)C2. The van der Waals surface area contributed by atoms with E-state index in [1.165, 1.54) is 0 Å². The van der Waals surface area contributed by atoms with Gasteiger partial charge in [-0.3, -0.25) is 4.99 Å². The van der Waals surface area contributed by atoms with Gasteiger partial charge in [-0.1, -0.05) is 6.92 Å². The first kappa shape index (κ1) is 10.7. The van der Waals surface area contributed by atoms with Crippen LogP contribution in [0, 0.1) is 0 Å². The first-order valence-corrected chi connectivity index (χ1v) is 5.87. The van der Waals surface area contributed by atoms with Gasteiger partial charge in [-0.15, -0.1) is 0 Å². The molecule has 86 valence electrons. The second-order valence-corrected chi connectivity index (χ2v) is 4.69. The lowest BCUT2D eigenvalue weighted by molar-refractivity contribution is -0.0382. The number of rotatable bonds is 2. The van der Waals surface area contributed by atoms with E-state index < -0.39 is 0 Å². The first-order valence-electron chi connectivity index (χ1n) is 5.87. The zero-order valence-corrected chi connectivity index (χ0v) is 9.70. The van der Waals surface area contributed by atoms with E-state index in [0.29, 0.717) is 6.10 Å². The molecule has 0 aliphatic carbocycles. The number of aliphatic imine (C=N–C) groups is 1. The van der Waals surface area contributed by atoms with Crippen LogP contribution in [-0.4, -0.2) is 42.2 Å². The number of nitrogens with two attached hydrogens (primary N) is 1. The highest BCUT2D eigenvalue weighted by Gasteiger charge is 2.44. The average Bonchev–Trinajstić information content (AvgIpc) is 2.48. The van der Waals surface area contributed by atoms with Gasteiger partial charge < -0.3 is 15.4 Å². The third-order valence-electron chi connectivity index (χ3n) is 3.47. The molecule has 2 unspecified atom stereocenters. The quantitative estimate of drug-likeness (QED) is 0.740. The molecule has 0 aromatic carbocycles. The summed E-state index contributed by atoms with van der Waals surface area (Å²) in [6.45, 7) is 7.03. The maximum absolute atomic E-state index is 5.95. The smallest absolute Gasteiger partial charge is 0.191 e. The Morgan fingerprint density at radius 1 is 1.67 bits per heavy atom. The maximum atomic E-state index is 5.95. The Kier molecular flexibility index (Phi) is 2.87. The number of hydrogen-bond acceptors (Lipinski definition) is 4. The molecule has 0 amide bonds. The van der Waals surface area contributed by atoms with Crippen LogP contribution in [0.3, 0.4) is 0 Å². The molecular weight excluding hydrogens is 190 g/mol. The molecule has 2 rings (SSSR count). The molecule has 0 radical (unpaired) electrons. The van der Waals surface area contributed by atoms with Crippen molar-refractivity contribution in [3.8, 4) is 0 Å². The van der Waals surface area contributed by atoms with Crippen molar-refractivity contribution in [3.05, 3.63) is 0 Å². The average molecular weight is 211 g/mol. The molecule has 2 aliphatic rings. The van der Waals surface area contributed by atoms with Crippen molar-refractivity contribution >= 4 is 5.96 Å². The molecule has 2 atom stereocenters. The van der Waals surface area contributed by atoms with E-state index in [2.05, 4.69) is 23.7 Å². The van der Waals surface area contributed by atoms with E-state index in [-0.39, 0.29) is 5.54 Å². The number of guanidine groups is 1. The van der Waals surface area contributed by atoms with Gasteiger partial charge in [-0.2, -0.15) is 0 Å². The Morgan fingerprint density at radius 3 is 3.13 bits per heavy atom. The van der Waals surface area contributed by atoms with E-state index in [1.54, 1.807) is 0 Å². The summed E-state index contributed by atoms with van der Waals surface area (Å²) in [7, 11) is 0. The minimum absolute atomic E-state index is 0.164. The van der Waals surface area contributed by atoms with Crippen LogP contribution in [0.4, 0.5) is 0 Å². The third kappa shape index (κ3) is 1.83. The number of ether oxygens (including phenoxy) is 1. The van der Waals surface area contributed by atoms with Crippen LogP contribution >= 0.6 is 0 Å². The van der Waals surface area contributed by atoms with E-state index in [0.717, 1.165) is 44.9 Å². The highest BCUT2D eigenvalue weighted by atomic mass is 16.5. The molecule has 4 heteroatoms. The fraction of sp³-hybridized carbons (Fsp3) is 0.909. The minimum atomic E-state index is 0.164. The Balaban J connectivity index is 2.13. The molecule has 2 heterocycles. The standard InChI is InChI=1S/C11H21N3O/c1-3-5-14-10(12)13-8-11(14)4-6-15-9(2)7-11/h9H,3-8H2,1-2H3,(H2,12,13). The van der Waals surface area contributed by atoms with E-state index in [1.807, 2.05) is 0 Å². The molecule has 1 saturated heterocycles. The van der Waals surface area contributed by atoms with Crippen LogP contribution in [0.1, 0.15) is 33.1 Å². The van der Waals surface area contributed by atoms with Crippen molar-refractivity contribution in [2.24, 2.45) is 10.7 Å². The van der Waals surface area contributed by atoms with Crippen molar-refractivity contribution in [1.82, 2.24) is 4.90 Å². The van der Waals surface area contributed by atoms with Crippen molar-refractivity contribution in [2.75, 3.05) is 19.7 Å². The van der Waals surface area contributed by atoms with Crippen LogP contribution in [0.2, 0.25) is 0 Å². The van der Waals surface area contributed by atoms with Crippen molar-refractivity contribution in [1.29, 1.82) is 0 Å². The van der Waals surface area contributed by atoms with Gasteiger partial charge in [0.05, 0.1) is 18.2 Å². The van der Waals surface area contributed by atoms with Gasteiger partial charge in [0.2, 0.25) is 0 Å². The molecule has 2 aliphatic heterocycles. The van der Waals surface area contributed by atoms with Crippen molar-refractivity contribution in [3.63, 3.8) is 0 Å². The largest absolute Gasteiger partial charge is 0.378 e. The second kappa shape index (κ2) is 4.00. The summed E-state index contributed by atoms with van der Waals surface area (Å²) < 4.78 is 5.61. The monoisotopic (exact) mass is 211 g/mol. The van der Waals surface area contributed by atoms with Crippen LogP contribution in [0.5, 0.6) is 0 Å². The summed E-state index contributed by atoms with van der Waals surface area (Å²) in [5.41, 5.74) is 6.12. The van der Waals surface area contributed by atoms with Crippen molar-refractivity contribution in [2.45, 2.75) is 44.8 Å². The van der Waals surface area contributed by atoms with Gasteiger partial charge in [-0.25, -0.2) is 0 Å². The highest BCUT2D eigenvalue weighted by molar-refractivity contribution is 5.81. The lowest BCUT2D eigenvalue weighted by Crippen LogP contribution is -2.56. The summed E-state index contributed by atoms with van der Waals surface area (Å²) in [6.07, 6.45) is 3.56. The summed E-state index contributed by atoms with van der Waals surface area (Å²) in [6, 6.07) is 0. The van der Waals surface area contributed by atoms with Gasteiger partial charge in [0.1, 0.15) is 0 Å². The fourth-order valence-corrected chi connectivity index (χ4v) is 2.75. The Morgan fingerprint density at radius 2 is 2.47 bits per heavy atom. The topological polar surface area (TPSA) is 50.8 Å². The number of nitrogens with zero attached hydrogens (tertiary/aromatic N) is 2. The molecule has 0 saturated carbocycles. The molecule has 0 aromatic heterocycles. The van der Waals surface area contributed by atoms with E-state index in [4.69, 9.17) is 10.5 Å². The molecule has 0 bridgehead atoms. The van der Waals surface area contributed by atoms with Gasteiger partial charge in [0.15, 0.2) is 5.96 Å². The zero-order chi connectivity index (χ0) is 10.9. The van der Waals surface area contributed by atoms with E-state index in [9.17, 15) is 0 Å². The lowest BCUT2D eigenvalue weighted by Gasteiger charge is -2.44. The predicted molar refractivity (Wildman–Crippen MR) is 60.9 cm³/mol. The maximum Gasteiger partial charge on any atom is 0.191 e. The van der Waals surface area contributed by atoms with Gasteiger partial charge in [0.25, 0.3) is 0 Å². The Labute approximate surface area is 91.5 Å². The second-order valence-electron chi connectivity index (χ2n) is 4.69. The van der Waals surface area contributed by atoms with Crippen molar-refractivity contribution < 1.29 is 4.74 Å². The predicted octanol–water partition coefficient (Wildman–Crippen LogP) is 0.964. The molecule has 0 aromatic rings. The fourth-order valence-electron chi connectivity index (χ4n) is 2.75. The number of hydrogen-bond donors (Lipinski definition) is 1. The summed E-state index contributed by atoms with van der Waals surface area (Å²) in [5, 5.41) is 0. The van der Waals surface area contributed by atoms with Crippen LogP contribution in [-0.2, 0) is 4.74 Å². The molecule has 1 fully saturated rings. The molecule has 4 nitrogen and oxygen atoms in total. The van der Waals surface area contributed by atoms with Crippen LogP contribution in [0.15, 0.2) is 4.99 Å². The normalized spacial score (nSPS) is 36.0. The van der Waals surface area contributed by atoms with E-state index >= 15 is 0 Å². The zero-order valence-electron chi connectivity index (χ0n) is 9.70. The molecule has 15 heavy (non-hydrogen) atoms.